The minimum absolute atomic E-state index is 0.210. The molecule has 0 heterocycles. The first kappa shape index (κ1) is 17.5. The van der Waals surface area contributed by atoms with Gasteiger partial charge >= 0.3 is 0 Å². The lowest BCUT2D eigenvalue weighted by atomic mass is 9.65. The van der Waals surface area contributed by atoms with Crippen molar-refractivity contribution >= 4 is 12.3 Å². The van der Waals surface area contributed by atoms with Crippen molar-refractivity contribution in [1.82, 2.24) is 5.32 Å². The van der Waals surface area contributed by atoms with E-state index in [4.69, 9.17) is 5.73 Å². The molecule has 0 radical (unpaired) electrons. The van der Waals surface area contributed by atoms with Crippen LogP contribution in [-0.4, -0.2) is 17.9 Å². The van der Waals surface area contributed by atoms with Gasteiger partial charge in [0.05, 0.1) is 6.42 Å². The third kappa shape index (κ3) is 4.12. The van der Waals surface area contributed by atoms with Crippen LogP contribution in [0.5, 0.6) is 0 Å². The van der Waals surface area contributed by atoms with Crippen LogP contribution in [0.3, 0.4) is 0 Å². The highest BCUT2D eigenvalue weighted by Gasteiger charge is 2.41. The van der Waals surface area contributed by atoms with E-state index in [1.807, 2.05) is 12.1 Å². The fourth-order valence-electron chi connectivity index (χ4n) is 3.83. The number of carbonyl (C=O) groups is 2. The van der Waals surface area contributed by atoms with E-state index in [-0.39, 0.29) is 23.8 Å². The topological polar surface area (TPSA) is 72.2 Å². The lowest BCUT2D eigenvalue weighted by Gasteiger charge is -2.45. The molecule has 4 heteroatoms. The van der Waals surface area contributed by atoms with Gasteiger partial charge < -0.3 is 11.1 Å². The van der Waals surface area contributed by atoms with Gasteiger partial charge in [-0.2, -0.15) is 0 Å². The zero-order valence-corrected chi connectivity index (χ0v) is 14.3. The van der Waals surface area contributed by atoms with Gasteiger partial charge in [-0.3, -0.25) is 9.59 Å². The van der Waals surface area contributed by atoms with Crippen LogP contribution in [0.2, 0.25) is 0 Å². The molecule has 126 valence electrons. The number of carbonyl (C=O) groups excluding carboxylic acids is 2. The Bertz CT molecular complexity index is 553. The van der Waals surface area contributed by atoms with Crippen LogP contribution in [0.4, 0.5) is 0 Å². The van der Waals surface area contributed by atoms with Gasteiger partial charge in [-0.15, -0.1) is 0 Å². The highest BCUT2D eigenvalue weighted by atomic mass is 16.1. The van der Waals surface area contributed by atoms with Gasteiger partial charge in [0.1, 0.15) is 0 Å². The van der Waals surface area contributed by atoms with Gasteiger partial charge in [-0.1, -0.05) is 38.1 Å². The number of amides is 2. The lowest BCUT2D eigenvalue weighted by molar-refractivity contribution is -0.117. The molecule has 0 saturated heterocycles. The molecule has 2 amide bonds. The summed E-state index contributed by atoms with van der Waals surface area (Å²) < 4.78 is 0. The van der Waals surface area contributed by atoms with E-state index in [1.165, 1.54) is 5.56 Å². The molecule has 1 fully saturated rings. The smallest absolute Gasteiger partial charge is 0.221 e. The van der Waals surface area contributed by atoms with Crippen molar-refractivity contribution in [1.29, 1.82) is 0 Å². The predicted molar refractivity (Wildman–Crippen MR) is 91.9 cm³/mol. The molecule has 3 N–H and O–H groups in total. The SMILES string of the molecule is CC(C)C1CCC(C)(NC=O)C(c2ccc(CC(N)=O)cc2)C1. The molecule has 0 aromatic heterocycles. The van der Waals surface area contributed by atoms with Crippen LogP contribution in [0, 0.1) is 11.8 Å². The predicted octanol–water partition coefficient (Wildman–Crippen LogP) is 2.76. The molecular formula is C19H28N2O2. The molecule has 1 saturated carbocycles. The fraction of sp³-hybridized carbons (Fsp3) is 0.579. The molecule has 0 bridgehead atoms. The molecule has 2 rings (SSSR count). The van der Waals surface area contributed by atoms with Gasteiger partial charge in [0.2, 0.25) is 12.3 Å². The van der Waals surface area contributed by atoms with Gasteiger partial charge in [-0.05, 0) is 49.1 Å². The molecule has 1 aromatic carbocycles. The maximum absolute atomic E-state index is 11.1. The van der Waals surface area contributed by atoms with E-state index in [9.17, 15) is 9.59 Å². The van der Waals surface area contributed by atoms with Crippen molar-refractivity contribution in [2.75, 3.05) is 0 Å². The summed E-state index contributed by atoms with van der Waals surface area (Å²) in [7, 11) is 0. The Labute approximate surface area is 138 Å². The Morgan fingerprint density at radius 2 is 2.04 bits per heavy atom. The first-order chi connectivity index (χ1) is 10.9. The van der Waals surface area contributed by atoms with Gasteiger partial charge in [0.15, 0.2) is 0 Å². The Balaban J connectivity index is 2.26. The summed E-state index contributed by atoms with van der Waals surface area (Å²) in [5, 5.41) is 3.06. The maximum Gasteiger partial charge on any atom is 0.221 e. The average Bonchev–Trinajstić information content (AvgIpc) is 2.48. The summed E-state index contributed by atoms with van der Waals surface area (Å²) >= 11 is 0. The largest absolute Gasteiger partial charge is 0.369 e. The molecule has 1 aromatic rings. The van der Waals surface area contributed by atoms with Crippen LogP contribution in [0.1, 0.15) is 57.1 Å². The van der Waals surface area contributed by atoms with Crippen LogP contribution in [0.25, 0.3) is 0 Å². The third-order valence-electron chi connectivity index (χ3n) is 5.43. The Morgan fingerprint density at radius 1 is 1.39 bits per heavy atom. The van der Waals surface area contributed by atoms with E-state index in [0.717, 1.165) is 31.2 Å². The molecule has 0 aliphatic heterocycles. The number of hydrogen-bond donors (Lipinski definition) is 2. The third-order valence-corrected chi connectivity index (χ3v) is 5.43. The van der Waals surface area contributed by atoms with Crippen molar-refractivity contribution < 1.29 is 9.59 Å². The maximum atomic E-state index is 11.1. The van der Waals surface area contributed by atoms with Crippen molar-refractivity contribution in [3.63, 3.8) is 0 Å². The monoisotopic (exact) mass is 316 g/mol. The summed E-state index contributed by atoms with van der Waals surface area (Å²) in [6.45, 7) is 6.68. The molecule has 3 unspecified atom stereocenters. The highest BCUT2D eigenvalue weighted by Crippen LogP contribution is 2.45. The molecular weight excluding hydrogens is 288 g/mol. The normalized spacial score (nSPS) is 27.7. The van der Waals surface area contributed by atoms with E-state index >= 15 is 0 Å². The second-order valence-corrected chi connectivity index (χ2v) is 7.40. The van der Waals surface area contributed by atoms with E-state index < -0.39 is 0 Å². The van der Waals surface area contributed by atoms with Crippen molar-refractivity contribution in [2.45, 2.75) is 57.9 Å². The Hall–Kier alpha value is -1.84. The summed E-state index contributed by atoms with van der Waals surface area (Å²) in [6.07, 6.45) is 4.30. The molecule has 1 aliphatic carbocycles. The molecule has 0 spiro atoms. The number of nitrogens with two attached hydrogens (primary N) is 1. The summed E-state index contributed by atoms with van der Waals surface area (Å²) in [5.41, 5.74) is 7.20. The van der Waals surface area contributed by atoms with Crippen LogP contribution in [-0.2, 0) is 16.0 Å². The highest BCUT2D eigenvalue weighted by molar-refractivity contribution is 5.76. The van der Waals surface area contributed by atoms with Crippen LogP contribution < -0.4 is 11.1 Å². The average molecular weight is 316 g/mol. The zero-order chi connectivity index (χ0) is 17.0. The summed E-state index contributed by atoms with van der Waals surface area (Å²) in [4.78, 5) is 22.1. The molecule has 23 heavy (non-hydrogen) atoms. The van der Waals surface area contributed by atoms with Crippen LogP contribution in [0.15, 0.2) is 24.3 Å². The number of benzene rings is 1. The zero-order valence-electron chi connectivity index (χ0n) is 14.3. The Morgan fingerprint density at radius 3 is 2.57 bits per heavy atom. The van der Waals surface area contributed by atoms with Gasteiger partial charge in [-0.25, -0.2) is 0 Å². The number of hydrogen-bond acceptors (Lipinski definition) is 2. The van der Waals surface area contributed by atoms with Crippen LogP contribution >= 0.6 is 0 Å². The summed E-state index contributed by atoms with van der Waals surface area (Å²) in [6, 6.07) is 8.10. The molecule has 3 atom stereocenters. The lowest BCUT2D eigenvalue weighted by Crippen LogP contribution is -2.50. The van der Waals surface area contributed by atoms with Crippen molar-refractivity contribution in [3.8, 4) is 0 Å². The fourth-order valence-corrected chi connectivity index (χ4v) is 3.83. The quantitative estimate of drug-likeness (QED) is 0.792. The van der Waals surface area contributed by atoms with E-state index in [2.05, 4.69) is 38.2 Å². The van der Waals surface area contributed by atoms with Gasteiger partial charge in [0.25, 0.3) is 0 Å². The van der Waals surface area contributed by atoms with Crippen molar-refractivity contribution in [3.05, 3.63) is 35.4 Å². The standard InChI is InChI=1S/C19H28N2O2/c1-13(2)16-8-9-19(3,21-12-22)17(11-16)15-6-4-14(5-7-15)10-18(20)23/h4-7,12-13,16-17H,8-11H2,1-3H3,(H2,20,23)(H,21,22). The molecule has 1 aliphatic rings. The second-order valence-electron chi connectivity index (χ2n) is 7.40. The molecule has 4 nitrogen and oxygen atoms in total. The number of primary amides is 1. The van der Waals surface area contributed by atoms with Gasteiger partial charge in [0, 0.05) is 11.5 Å². The number of rotatable bonds is 6. The minimum atomic E-state index is -0.317. The first-order valence-electron chi connectivity index (χ1n) is 8.44. The summed E-state index contributed by atoms with van der Waals surface area (Å²) in [5.74, 6) is 1.29. The van der Waals surface area contributed by atoms with Crippen molar-refractivity contribution in [2.24, 2.45) is 17.6 Å². The second kappa shape index (κ2) is 7.16. The minimum Gasteiger partial charge on any atom is -0.369 e. The number of nitrogens with one attached hydrogen (secondary N) is 1. The Kier molecular flexibility index (Phi) is 5.45. The first-order valence-corrected chi connectivity index (χ1v) is 8.44. The van der Waals surface area contributed by atoms with E-state index in [0.29, 0.717) is 11.8 Å². The van der Waals surface area contributed by atoms with E-state index in [1.54, 1.807) is 0 Å².